The molecule has 1 aliphatic rings. The highest BCUT2D eigenvalue weighted by Crippen LogP contribution is 2.27. The van der Waals surface area contributed by atoms with Crippen LogP contribution in [0, 0.1) is 5.92 Å². The predicted octanol–water partition coefficient (Wildman–Crippen LogP) is 1.89. The fourth-order valence-corrected chi connectivity index (χ4v) is 1.69. The maximum absolute atomic E-state index is 11.3. The van der Waals surface area contributed by atoms with Crippen LogP contribution in [0.3, 0.4) is 0 Å². The minimum Gasteiger partial charge on any atom is -0.352 e. The second-order valence-corrected chi connectivity index (χ2v) is 3.95. The van der Waals surface area contributed by atoms with E-state index in [1.807, 2.05) is 16.8 Å². The molecule has 0 unspecified atom stereocenters. The Bertz CT molecular complexity index is 264. The molecule has 1 N–H and O–H groups in total. The van der Waals surface area contributed by atoms with Gasteiger partial charge in [-0.25, -0.2) is 0 Å². The summed E-state index contributed by atoms with van der Waals surface area (Å²) in [5, 5.41) is 6.71. The molecule has 0 spiro atoms. The maximum Gasteiger partial charge on any atom is 0.252 e. The zero-order valence-electron chi connectivity index (χ0n) is 6.75. The van der Waals surface area contributed by atoms with Gasteiger partial charge in [-0.1, -0.05) is 0 Å². The molecule has 0 radical (unpaired) electrons. The first-order valence-corrected chi connectivity index (χ1v) is 5.11. The van der Waals surface area contributed by atoms with Gasteiger partial charge < -0.3 is 5.32 Å². The van der Waals surface area contributed by atoms with E-state index in [0.717, 1.165) is 18.0 Å². The quantitative estimate of drug-likeness (QED) is 0.758. The number of hydrogen-bond donors (Lipinski definition) is 1. The Hall–Kier alpha value is -0.830. The highest BCUT2D eigenvalue weighted by atomic mass is 32.1. The van der Waals surface area contributed by atoms with Crippen molar-refractivity contribution in [2.45, 2.75) is 12.8 Å². The normalized spacial score (nSPS) is 16.0. The van der Waals surface area contributed by atoms with Crippen LogP contribution < -0.4 is 5.32 Å². The van der Waals surface area contributed by atoms with E-state index < -0.39 is 0 Å². The molecule has 1 saturated carbocycles. The molecule has 2 rings (SSSR count). The average Bonchev–Trinajstić information content (AvgIpc) is 2.74. The summed E-state index contributed by atoms with van der Waals surface area (Å²) in [4.78, 5) is 11.3. The van der Waals surface area contributed by atoms with E-state index in [1.54, 1.807) is 11.3 Å². The van der Waals surface area contributed by atoms with E-state index in [1.165, 1.54) is 12.8 Å². The van der Waals surface area contributed by atoms with Crippen molar-refractivity contribution in [2.24, 2.45) is 5.92 Å². The lowest BCUT2D eigenvalue weighted by Gasteiger charge is -2.00. The van der Waals surface area contributed by atoms with Gasteiger partial charge in [-0.15, -0.1) is 0 Å². The highest BCUT2D eigenvalue weighted by molar-refractivity contribution is 7.08. The Morgan fingerprint density at radius 1 is 1.67 bits per heavy atom. The highest BCUT2D eigenvalue weighted by Gasteiger charge is 2.21. The maximum atomic E-state index is 11.3. The van der Waals surface area contributed by atoms with Crippen LogP contribution in [0.15, 0.2) is 16.8 Å². The third-order valence-electron chi connectivity index (χ3n) is 2.03. The van der Waals surface area contributed by atoms with Crippen molar-refractivity contribution >= 4 is 17.2 Å². The van der Waals surface area contributed by atoms with Gasteiger partial charge >= 0.3 is 0 Å². The molecule has 1 aromatic rings. The topological polar surface area (TPSA) is 29.1 Å². The van der Waals surface area contributed by atoms with Crippen molar-refractivity contribution in [3.63, 3.8) is 0 Å². The minimum absolute atomic E-state index is 0.0724. The molecule has 1 heterocycles. The monoisotopic (exact) mass is 181 g/mol. The number of thiophene rings is 1. The Morgan fingerprint density at radius 2 is 2.50 bits per heavy atom. The van der Waals surface area contributed by atoms with E-state index in [0.29, 0.717) is 0 Å². The van der Waals surface area contributed by atoms with Gasteiger partial charge in [-0.2, -0.15) is 11.3 Å². The van der Waals surface area contributed by atoms with Crippen molar-refractivity contribution < 1.29 is 4.79 Å². The molecular weight excluding hydrogens is 170 g/mol. The van der Waals surface area contributed by atoms with Gasteiger partial charge in [-0.05, 0) is 30.2 Å². The first-order chi connectivity index (χ1) is 5.86. The summed E-state index contributed by atoms with van der Waals surface area (Å²) in [7, 11) is 0. The molecule has 0 bridgehead atoms. The smallest absolute Gasteiger partial charge is 0.252 e. The Balaban J connectivity index is 1.83. The molecule has 0 atom stereocenters. The standard InChI is InChI=1S/C9H11NOS/c11-9(8-3-4-12-6-8)10-5-7-1-2-7/h3-4,6-7H,1-2,5H2,(H,10,11). The van der Waals surface area contributed by atoms with E-state index in [-0.39, 0.29) is 5.91 Å². The van der Waals surface area contributed by atoms with Gasteiger partial charge in [0.05, 0.1) is 0 Å². The Labute approximate surface area is 75.6 Å². The molecule has 1 amide bonds. The van der Waals surface area contributed by atoms with Crippen molar-refractivity contribution in [1.29, 1.82) is 0 Å². The van der Waals surface area contributed by atoms with Gasteiger partial charge in [0.1, 0.15) is 0 Å². The van der Waals surface area contributed by atoms with Crippen molar-refractivity contribution in [3.8, 4) is 0 Å². The zero-order chi connectivity index (χ0) is 8.39. The molecule has 64 valence electrons. The van der Waals surface area contributed by atoms with Crippen molar-refractivity contribution in [2.75, 3.05) is 6.54 Å². The number of hydrogen-bond acceptors (Lipinski definition) is 2. The third-order valence-corrected chi connectivity index (χ3v) is 2.71. The van der Waals surface area contributed by atoms with Crippen LogP contribution in [0.4, 0.5) is 0 Å². The molecule has 0 aromatic carbocycles. The molecule has 1 aromatic heterocycles. The number of nitrogens with one attached hydrogen (secondary N) is 1. The zero-order valence-corrected chi connectivity index (χ0v) is 7.56. The van der Waals surface area contributed by atoms with E-state index in [9.17, 15) is 4.79 Å². The Morgan fingerprint density at radius 3 is 3.08 bits per heavy atom. The molecule has 2 nitrogen and oxygen atoms in total. The molecule has 3 heteroatoms. The van der Waals surface area contributed by atoms with Gasteiger partial charge in [0, 0.05) is 17.5 Å². The number of carbonyl (C=O) groups is 1. The summed E-state index contributed by atoms with van der Waals surface area (Å²) in [6, 6.07) is 1.85. The molecule has 1 fully saturated rings. The average molecular weight is 181 g/mol. The third kappa shape index (κ3) is 1.85. The summed E-state index contributed by atoms with van der Waals surface area (Å²) < 4.78 is 0. The Kier molecular flexibility index (Phi) is 2.13. The SMILES string of the molecule is O=C(NCC1CC1)c1ccsc1. The minimum atomic E-state index is 0.0724. The predicted molar refractivity (Wildman–Crippen MR) is 49.4 cm³/mol. The first-order valence-electron chi connectivity index (χ1n) is 4.16. The summed E-state index contributed by atoms with van der Waals surface area (Å²) in [6.45, 7) is 0.856. The molecule has 0 aliphatic heterocycles. The fraction of sp³-hybridized carbons (Fsp3) is 0.444. The summed E-state index contributed by atoms with van der Waals surface area (Å²) in [5.74, 6) is 0.829. The number of amides is 1. The van der Waals surface area contributed by atoms with Crippen LogP contribution in [0.5, 0.6) is 0 Å². The van der Waals surface area contributed by atoms with Crippen LogP contribution in [0.25, 0.3) is 0 Å². The number of carbonyl (C=O) groups excluding carboxylic acids is 1. The van der Waals surface area contributed by atoms with Gasteiger partial charge in [-0.3, -0.25) is 4.79 Å². The first kappa shape index (κ1) is 7.80. The fourth-order valence-electron chi connectivity index (χ4n) is 1.05. The van der Waals surface area contributed by atoms with E-state index in [4.69, 9.17) is 0 Å². The molecule has 12 heavy (non-hydrogen) atoms. The lowest BCUT2D eigenvalue weighted by atomic mass is 10.3. The van der Waals surface area contributed by atoms with Crippen LogP contribution in [-0.2, 0) is 0 Å². The van der Waals surface area contributed by atoms with E-state index >= 15 is 0 Å². The summed E-state index contributed by atoms with van der Waals surface area (Å²) >= 11 is 1.56. The van der Waals surface area contributed by atoms with Gasteiger partial charge in [0.15, 0.2) is 0 Å². The van der Waals surface area contributed by atoms with Crippen molar-refractivity contribution in [1.82, 2.24) is 5.32 Å². The van der Waals surface area contributed by atoms with Gasteiger partial charge in [0.25, 0.3) is 5.91 Å². The molecule has 1 aliphatic carbocycles. The van der Waals surface area contributed by atoms with E-state index in [2.05, 4.69) is 5.32 Å². The van der Waals surface area contributed by atoms with Crippen LogP contribution in [-0.4, -0.2) is 12.5 Å². The van der Waals surface area contributed by atoms with Crippen LogP contribution >= 0.6 is 11.3 Å². The second kappa shape index (κ2) is 3.27. The second-order valence-electron chi connectivity index (χ2n) is 3.17. The summed E-state index contributed by atoms with van der Waals surface area (Å²) in [5.41, 5.74) is 0.792. The van der Waals surface area contributed by atoms with Gasteiger partial charge in [0.2, 0.25) is 0 Å². The number of rotatable bonds is 3. The van der Waals surface area contributed by atoms with Crippen LogP contribution in [0.2, 0.25) is 0 Å². The van der Waals surface area contributed by atoms with Crippen LogP contribution in [0.1, 0.15) is 23.2 Å². The summed E-state index contributed by atoms with van der Waals surface area (Å²) in [6.07, 6.45) is 2.56. The lowest BCUT2D eigenvalue weighted by molar-refractivity contribution is 0.0952. The lowest BCUT2D eigenvalue weighted by Crippen LogP contribution is -2.24. The molecular formula is C9H11NOS. The molecule has 0 saturated heterocycles. The van der Waals surface area contributed by atoms with Crippen molar-refractivity contribution in [3.05, 3.63) is 22.4 Å². The largest absolute Gasteiger partial charge is 0.352 e.